The van der Waals surface area contributed by atoms with E-state index in [0.717, 1.165) is 12.8 Å². The Kier molecular flexibility index (Phi) is 5.08. The van der Waals surface area contributed by atoms with Gasteiger partial charge in [0.15, 0.2) is 0 Å². The van der Waals surface area contributed by atoms with Crippen molar-refractivity contribution in [3.8, 4) is 6.07 Å². The molecule has 0 unspecified atom stereocenters. The molecule has 1 fully saturated rings. The van der Waals surface area contributed by atoms with Gasteiger partial charge < -0.3 is 15.2 Å². The van der Waals surface area contributed by atoms with Crippen LogP contribution >= 0.6 is 0 Å². The van der Waals surface area contributed by atoms with E-state index in [4.69, 9.17) is 5.26 Å². The molecule has 1 aromatic heterocycles. The second-order valence-electron chi connectivity index (χ2n) is 6.72. The fourth-order valence-corrected chi connectivity index (χ4v) is 2.81. The highest BCUT2D eigenvalue weighted by molar-refractivity contribution is 5.96. The minimum absolute atomic E-state index is 0.0411. The largest absolute Gasteiger partial charge is 0.349 e. The topological polar surface area (TPSA) is 104 Å². The Bertz CT molecular complexity index is 996. The molecule has 0 spiro atoms. The van der Waals surface area contributed by atoms with Gasteiger partial charge in [0.1, 0.15) is 18.2 Å². The Morgan fingerprint density at radius 2 is 1.89 bits per heavy atom. The number of hydrogen-bond donors (Lipinski definition) is 2. The molecule has 0 aliphatic heterocycles. The van der Waals surface area contributed by atoms with Gasteiger partial charge in [-0.25, -0.2) is 0 Å². The summed E-state index contributed by atoms with van der Waals surface area (Å²) in [5.41, 5.74) is 1.83. The van der Waals surface area contributed by atoms with Crippen molar-refractivity contribution in [1.82, 2.24) is 9.88 Å². The van der Waals surface area contributed by atoms with E-state index >= 15 is 0 Å². The van der Waals surface area contributed by atoms with Gasteiger partial charge >= 0.3 is 0 Å². The first-order valence-electron chi connectivity index (χ1n) is 8.71. The number of anilines is 1. The van der Waals surface area contributed by atoms with E-state index in [-0.39, 0.29) is 30.0 Å². The average molecular weight is 364 g/mol. The SMILES string of the molecule is Cc1cc(C)n(CC(=O)Nc2ccc(C(=O)NC3CC3)cc2)c(=O)c1C#N. The summed E-state index contributed by atoms with van der Waals surface area (Å²) in [4.78, 5) is 36.6. The van der Waals surface area contributed by atoms with Gasteiger partial charge in [0.25, 0.3) is 11.5 Å². The molecule has 138 valence electrons. The van der Waals surface area contributed by atoms with Crippen molar-refractivity contribution in [2.45, 2.75) is 39.3 Å². The number of nitrogens with zero attached hydrogens (tertiary/aromatic N) is 2. The van der Waals surface area contributed by atoms with E-state index in [1.807, 2.05) is 6.07 Å². The van der Waals surface area contributed by atoms with Gasteiger partial charge in [-0.1, -0.05) is 0 Å². The van der Waals surface area contributed by atoms with Gasteiger partial charge in [-0.2, -0.15) is 5.26 Å². The molecule has 3 rings (SSSR count). The van der Waals surface area contributed by atoms with Crippen molar-refractivity contribution >= 4 is 17.5 Å². The fraction of sp³-hybridized carbons (Fsp3) is 0.300. The van der Waals surface area contributed by atoms with Gasteiger partial charge in [-0.15, -0.1) is 0 Å². The summed E-state index contributed by atoms with van der Waals surface area (Å²) in [7, 11) is 0. The van der Waals surface area contributed by atoms with Crippen LogP contribution in [0.15, 0.2) is 35.1 Å². The van der Waals surface area contributed by atoms with Crippen molar-refractivity contribution < 1.29 is 9.59 Å². The average Bonchev–Trinajstić information content (AvgIpc) is 3.43. The Balaban J connectivity index is 1.68. The van der Waals surface area contributed by atoms with E-state index in [1.165, 1.54) is 4.57 Å². The molecule has 0 atom stereocenters. The number of nitriles is 1. The van der Waals surface area contributed by atoms with Crippen LogP contribution in [-0.4, -0.2) is 22.4 Å². The molecule has 0 saturated heterocycles. The van der Waals surface area contributed by atoms with Crippen LogP contribution in [-0.2, 0) is 11.3 Å². The van der Waals surface area contributed by atoms with Gasteiger partial charge in [-0.05, 0) is 62.6 Å². The van der Waals surface area contributed by atoms with E-state index in [9.17, 15) is 14.4 Å². The summed E-state index contributed by atoms with van der Waals surface area (Å²) in [5.74, 6) is -0.510. The van der Waals surface area contributed by atoms with Gasteiger partial charge in [0.05, 0.1) is 0 Å². The molecule has 27 heavy (non-hydrogen) atoms. The fourth-order valence-electron chi connectivity index (χ4n) is 2.81. The van der Waals surface area contributed by atoms with E-state index < -0.39 is 5.56 Å². The number of pyridine rings is 1. The standard InChI is InChI=1S/C20H20N4O3/c1-12-9-13(2)24(20(27)17(12)10-21)11-18(25)22-15-5-3-14(4-6-15)19(26)23-16-7-8-16/h3-6,9,16H,7-8,11H2,1-2H3,(H,22,25)(H,23,26). The highest BCUT2D eigenvalue weighted by atomic mass is 16.2. The Hall–Kier alpha value is -3.40. The normalized spacial score (nSPS) is 12.9. The molecule has 1 saturated carbocycles. The van der Waals surface area contributed by atoms with Crippen LogP contribution in [0.2, 0.25) is 0 Å². The Morgan fingerprint density at radius 1 is 1.22 bits per heavy atom. The smallest absolute Gasteiger partial charge is 0.269 e. The van der Waals surface area contributed by atoms with E-state index in [0.29, 0.717) is 22.5 Å². The number of carbonyl (C=O) groups is 2. The molecule has 1 aliphatic rings. The molecule has 0 bridgehead atoms. The lowest BCUT2D eigenvalue weighted by Crippen LogP contribution is -2.31. The number of carbonyl (C=O) groups excluding carboxylic acids is 2. The molecule has 1 aromatic carbocycles. The summed E-state index contributed by atoms with van der Waals surface area (Å²) in [6, 6.07) is 10.5. The number of rotatable bonds is 5. The molecule has 7 heteroatoms. The minimum atomic E-state index is -0.475. The molecule has 2 amide bonds. The van der Waals surface area contributed by atoms with Gasteiger partial charge in [-0.3, -0.25) is 14.4 Å². The van der Waals surface area contributed by atoms with Gasteiger partial charge in [0.2, 0.25) is 5.91 Å². The predicted molar refractivity (Wildman–Crippen MR) is 100 cm³/mol. The van der Waals surface area contributed by atoms with Crippen molar-refractivity contribution in [3.05, 3.63) is 63.1 Å². The molecule has 0 radical (unpaired) electrons. The summed E-state index contributed by atoms with van der Waals surface area (Å²) in [5, 5.41) is 14.7. The van der Waals surface area contributed by atoms with E-state index in [1.54, 1.807) is 44.2 Å². The lowest BCUT2D eigenvalue weighted by Gasteiger charge is -2.12. The van der Waals surface area contributed by atoms with Crippen LogP contribution in [0.3, 0.4) is 0 Å². The highest BCUT2D eigenvalue weighted by Crippen LogP contribution is 2.19. The molecule has 2 N–H and O–H groups in total. The first-order chi connectivity index (χ1) is 12.9. The maximum absolute atomic E-state index is 12.4. The third-order valence-corrected chi connectivity index (χ3v) is 4.46. The van der Waals surface area contributed by atoms with Crippen molar-refractivity contribution in [3.63, 3.8) is 0 Å². The molecule has 1 aliphatic carbocycles. The zero-order valence-corrected chi connectivity index (χ0v) is 15.2. The number of aromatic nitrogens is 1. The lowest BCUT2D eigenvalue weighted by atomic mass is 10.1. The highest BCUT2D eigenvalue weighted by Gasteiger charge is 2.23. The summed E-state index contributed by atoms with van der Waals surface area (Å²) in [6.07, 6.45) is 2.04. The maximum atomic E-state index is 12.4. The monoisotopic (exact) mass is 364 g/mol. The molecular weight excluding hydrogens is 344 g/mol. The first-order valence-corrected chi connectivity index (χ1v) is 8.71. The summed E-state index contributed by atoms with van der Waals surface area (Å²) in [6.45, 7) is 3.22. The van der Waals surface area contributed by atoms with Gasteiger partial charge in [0, 0.05) is 23.0 Å². The third-order valence-electron chi connectivity index (χ3n) is 4.46. The van der Waals surface area contributed by atoms with Crippen LogP contribution in [0.1, 0.15) is 40.0 Å². The predicted octanol–water partition coefficient (Wildman–Crippen LogP) is 1.87. The zero-order chi connectivity index (χ0) is 19.6. The van der Waals surface area contributed by atoms with E-state index in [2.05, 4.69) is 10.6 Å². The second-order valence-corrected chi connectivity index (χ2v) is 6.72. The Morgan fingerprint density at radius 3 is 2.48 bits per heavy atom. The lowest BCUT2D eigenvalue weighted by molar-refractivity contribution is -0.116. The zero-order valence-electron chi connectivity index (χ0n) is 15.2. The second kappa shape index (κ2) is 7.46. The van der Waals surface area contributed by atoms with Crippen molar-refractivity contribution in [2.75, 3.05) is 5.32 Å². The molecule has 2 aromatic rings. The van der Waals surface area contributed by atoms with Crippen LogP contribution < -0.4 is 16.2 Å². The Labute approximate surface area is 156 Å². The third kappa shape index (κ3) is 4.23. The number of nitrogens with one attached hydrogen (secondary N) is 2. The van der Waals surface area contributed by atoms with Crippen molar-refractivity contribution in [1.29, 1.82) is 5.26 Å². The molecular formula is C20H20N4O3. The molecule has 7 nitrogen and oxygen atoms in total. The van der Waals surface area contributed by atoms with Crippen LogP contribution in [0.4, 0.5) is 5.69 Å². The quantitative estimate of drug-likeness (QED) is 0.845. The first kappa shape index (κ1) is 18.4. The van der Waals surface area contributed by atoms with Crippen molar-refractivity contribution in [2.24, 2.45) is 0 Å². The van der Waals surface area contributed by atoms with Crippen LogP contribution in [0, 0.1) is 25.2 Å². The number of hydrogen-bond acceptors (Lipinski definition) is 4. The minimum Gasteiger partial charge on any atom is -0.349 e. The van der Waals surface area contributed by atoms with Crippen LogP contribution in [0.5, 0.6) is 0 Å². The maximum Gasteiger partial charge on any atom is 0.269 e. The summed E-state index contributed by atoms with van der Waals surface area (Å²) >= 11 is 0. The molecule has 1 heterocycles. The number of amides is 2. The summed E-state index contributed by atoms with van der Waals surface area (Å²) < 4.78 is 1.28. The number of aryl methyl sites for hydroxylation is 2. The number of benzene rings is 1. The van der Waals surface area contributed by atoms with Crippen LogP contribution in [0.25, 0.3) is 0 Å².